The van der Waals surface area contributed by atoms with Crippen LogP contribution in [0.4, 0.5) is 15.9 Å². The van der Waals surface area contributed by atoms with Gasteiger partial charge in [0.05, 0.1) is 12.7 Å². The zero-order valence-electron chi connectivity index (χ0n) is 14.2. The van der Waals surface area contributed by atoms with Gasteiger partial charge in [0.2, 0.25) is 0 Å². The zero-order valence-corrected chi connectivity index (χ0v) is 14.2. The van der Waals surface area contributed by atoms with Crippen molar-refractivity contribution in [1.82, 2.24) is 10.3 Å². The number of anilines is 2. The van der Waals surface area contributed by atoms with E-state index >= 15 is 0 Å². The van der Waals surface area contributed by atoms with E-state index in [1.54, 1.807) is 31.4 Å². The largest absolute Gasteiger partial charge is 0.496 e. The number of amides is 1. The molecular formula is C20H18FN3O2. The average molecular weight is 351 g/mol. The van der Waals surface area contributed by atoms with Gasteiger partial charge < -0.3 is 15.4 Å². The fourth-order valence-electron chi connectivity index (χ4n) is 2.44. The molecule has 132 valence electrons. The molecule has 1 amide bonds. The second-order valence-corrected chi connectivity index (χ2v) is 5.56. The minimum absolute atomic E-state index is 0.235. The minimum Gasteiger partial charge on any atom is -0.496 e. The van der Waals surface area contributed by atoms with E-state index in [1.807, 2.05) is 24.3 Å². The summed E-state index contributed by atoms with van der Waals surface area (Å²) in [6.07, 6.45) is 1.47. The first-order valence-electron chi connectivity index (χ1n) is 8.04. The molecule has 0 fully saturated rings. The number of pyridine rings is 1. The number of carbonyl (C=O) groups is 1. The number of aromatic nitrogens is 1. The number of para-hydroxylation sites is 1. The lowest BCUT2D eigenvalue weighted by atomic mass is 10.2. The highest BCUT2D eigenvalue weighted by Crippen LogP contribution is 2.18. The second-order valence-electron chi connectivity index (χ2n) is 5.56. The van der Waals surface area contributed by atoms with Crippen LogP contribution in [0.5, 0.6) is 5.75 Å². The lowest BCUT2D eigenvalue weighted by molar-refractivity contribution is 0.0950. The van der Waals surface area contributed by atoms with Crippen molar-refractivity contribution < 1.29 is 13.9 Å². The third kappa shape index (κ3) is 4.36. The number of methoxy groups -OCH3 is 1. The van der Waals surface area contributed by atoms with Gasteiger partial charge in [-0.1, -0.05) is 24.3 Å². The fourth-order valence-corrected chi connectivity index (χ4v) is 2.44. The van der Waals surface area contributed by atoms with E-state index < -0.39 is 0 Å². The maximum Gasteiger partial charge on any atom is 0.253 e. The molecule has 5 nitrogen and oxygen atoms in total. The van der Waals surface area contributed by atoms with Crippen LogP contribution in [0.3, 0.4) is 0 Å². The number of carbonyl (C=O) groups excluding carboxylic acids is 1. The normalized spacial score (nSPS) is 10.2. The van der Waals surface area contributed by atoms with E-state index in [2.05, 4.69) is 15.6 Å². The summed E-state index contributed by atoms with van der Waals surface area (Å²) in [5, 5.41) is 5.82. The van der Waals surface area contributed by atoms with Crippen molar-refractivity contribution in [3.05, 3.63) is 83.8 Å². The number of nitrogens with zero attached hydrogens (tertiary/aromatic N) is 1. The Morgan fingerprint density at radius 1 is 1.12 bits per heavy atom. The van der Waals surface area contributed by atoms with Gasteiger partial charge in [-0.15, -0.1) is 0 Å². The number of halogens is 1. The van der Waals surface area contributed by atoms with Crippen molar-refractivity contribution in [2.45, 2.75) is 6.54 Å². The number of rotatable bonds is 6. The third-order valence-corrected chi connectivity index (χ3v) is 3.75. The molecule has 1 aromatic heterocycles. The molecule has 1 heterocycles. The van der Waals surface area contributed by atoms with Crippen LogP contribution in [0.15, 0.2) is 66.9 Å². The van der Waals surface area contributed by atoms with Crippen molar-refractivity contribution >= 4 is 17.4 Å². The Labute approximate surface area is 150 Å². The van der Waals surface area contributed by atoms with Gasteiger partial charge in [0.15, 0.2) is 0 Å². The minimum atomic E-state index is -0.331. The van der Waals surface area contributed by atoms with E-state index in [1.165, 1.54) is 18.3 Å². The predicted molar refractivity (Wildman–Crippen MR) is 98.1 cm³/mol. The number of nitrogens with one attached hydrogen (secondary N) is 2. The van der Waals surface area contributed by atoms with Crippen LogP contribution in [-0.2, 0) is 6.54 Å². The van der Waals surface area contributed by atoms with Crippen molar-refractivity contribution in [1.29, 1.82) is 0 Å². The summed E-state index contributed by atoms with van der Waals surface area (Å²) < 4.78 is 18.5. The molecule has 0 saturated heterocycles. The predicted octanol–water partition coefficient (Wildman–Crippen LogP) is 3.90. The highest BCUT2D eigenvalue weighted by molar-refractivity contribution is 5.94. The fraction of sp³-hybridized carbons (Fsp3) is 0.100. The van der Waals surface area contributed by atoms with Gasteiger partial charge >= 0.3 is 0 Å². The number of hydrogen-bond donors (Lipinski definition) is 2. The van der Waals surface area contributed by atoms with Gasteiger partial charge in [0.25, 0.3) is 5.91 Å². The summed E-state index contributed by atoms with van der Waals surface area (Å²) in [4.78, 5) is 16.5. The lowest BCUT2D eigenvalue weighted by Crippen LogP contribution is -2.23. The van der Waals surface area contributed by atoms with E-state index in [4.69, 9.17) is 4.74 Å². The molecular weight excluding hydrogens is 333 g/mol. The Hall–Kier alpha value is -3.41. The quantitative estimate of drug-likeness (QED) is 0.707. The Morgan fingerprint density at radius 3 is 2.69 bits per heavy atom. The first-order chi connectivity index (χ1) is 12.7. The van der Waals surface area contributed by atoms with E-state index in [0.717, 1.165) is 11.3 Å². The van der Waals surface area contributed by atoms with E-state index in [9.17, 15) is 9.18 Å². The lowest BCUT2D eigenvalue weighted by Gasteiger charge is -2.10. The number of hydrogen-bond acceptors (Lipinski definition) is 4. The summed E-state index contributed by atoms with van der Waals surface area (Å²) in [6, 6.07) is 16.9. The second kappa shape index (κ2) is 8.11. The van der Waals surface area contributed by atoms with Crippen LogP contribution in [0, 0.1) is 5.82 Å². The molecule has 26 heavy (non-hydrogen) atoms. The monoisotopic (exact) mass is 351 g/mol. The Morgan fingerprint density at radius 2 is 1.96 bits per heavy atom. The molecule has 0 bridgehead atoms. The number of benzene rings is 2. The standard InChI is InChI=1S/C20H18FN3O2/c1-26-18-8-3-2-5-14(18)12-23-20(25)15-9-10-19(22-13-15)24-17-7-4-6-16(21)11-17/h2-11,13H,12H2,1H3,(H,22,24)(H,23,25). The van der Waals surface area contributed by atoms with Gasteiger partial charge in [-0.3, -0.25) is 4.79 Å². The molecule has 0 unspecified atom stereocenters. The maximum absolute atomic E-state index is 13.2. The SMILES string of the molecule is COc1ccccc1CNC(=O)c1ccc(Nc2cccc(F)c2)nc1. The van der Waals surface area contributed by atoms with Crippen molar-refractivity contribution in [2.24, 2.45) is 0 Å². The van der Waals surface area contributed by atoms with Gasteiger partial charge in [-0.2, -0.15) is 0 Å². The van der Waals surface area contributed by atoms with Gasteiger partial charge in [-0.25, -0.2) is 9.37 Å². The molecule has 0 saturated carbocycles. The summed E-state index contributed by atoms with van der Waals surface area (Å²) in [6.45, 7) is 0.353. The number of ether oxygens (including phenoxy) is 1. The maximum atomic E-state index is 13.2. The van der Waals surface area contributed by atoms with Gasteiger partial charge in [-0.05, 0) is 36.4 Å². The first-order valence-corrected chi connectivity index (χ1v) is 8.04. The topological polar surface area (TPSA) is 63.2 Å². The van der Waals surface area contributed by atoms with Crippen LogP contribution >= 0.6 is 0 Å². The molecule has 0 atom stereocenters. The highest BCUT2D eigenvalue weighted by Gasteiger charge is 2.08. The van der Waals surface area contributed by atoms with E-state index in [0.29, 0.717) is 23.6 Å². The summed E-state index contributed by atoms with van der Waals surface area (Å²) in [7, 11) is 1.59. The van der Waals surface area contributed by atoms with Crippen molar-refractivity contribution in [3.63, 3.8) is 0 Å². The highest BCUT2D eigenvalue weighted by atomic mass is 19.1. The van der Waals surface area contributed by atoms with Gasteiger partial charge in [0.1, 0.15) is 17.4 Å². The zero-order chi connectivity index (χ0) is 18.4. The first kappa shape index (κ1) is 17.4. The average Bonchev–Trinajstić information content (AvgIpc) is 2.67. The molecule has 3 aromatic rings. The molecule has 0 aliphatic heterocycles. The van der Waals surface area contributed by atoms with Crippen LogP contribution < -0.4 is 15.4 Å². The van der Waals surface area contributed by atoms with Crippen LogP contribution in [0.2, 0.25) is 0 Å². The Kier molecular flexibility index (Phi) is 5.43. The molecule has 0 spiro atoms. The summed E-state index contributed by atoms with van der Waals surface area (Å²) in [5.41, 5.74) is 1.91. The van der Waals surface area contributed by atoms with Gasteiger partial charge in [0, 0.05) is 24.0 Å². The van der Waals surface area contributed by atoms with Crippen LogP contribution in [0.1, 0.15) is 15.9 Å². The smallest absolute Gasteiger partial charge is 0.253 e. The molecule has 2 N–H and O–H groups in total. The Balaban J connectivity index is 1.61. The van der Waals surface area contributed by atoms with E-state index in [-0.39, 0.29) is 11.7 Å². The molecule has 3 rings (SSSR count). The summed E-state index contributed by atoms with van der Waals surface area (Å²) >= 11 is 0. The third-order valence-electron chi connectivity index (χ3n) is 3.75. The van der Waals surface area contributed by atoms with Crippen molar-refractivity contribution in [2.75, 3.05) is 12.4 Å². The molecule has 2 aromatic carbocycles. The van der Waals surface area contributed by atoms with Crippen LogP contribution in [-0.4, -0.2) is 18.0 Å². The molecule has 6 heteroatoms. The Bertz CT molecular complexity index is 898. The molecule has 0 radical (unpaired) electrons. The van der Waals surface area contributed by atoms with Crippen molar-refractivity contribution in [3.8, 4) is 5.75 Å². The summed E-state index contributed by atoms with van der Waals surface area (Å²) in [5.74, 6) is 0.681. The molecule has 0 aliphatic carbocycles. The van der Waals surface area contributed by atoms with Crippen LogP contribution in [0.25, 0.3) is 0 Å². The molecule has 0 aliphatic rings.